The van der Waals surface area contributed by atoms with Crippen LogP contribution in [0.3, 0.4) is 0 Å². The van der Waals surface area contributed by atoms with E-state index in [2.05, 4.69) is 18.0 Å². The summed E-state index contributed by atoms with van der Waals surface area (Å²) in [5, 5.41) is 0. The maximum Gasteiger partial charge on any atom is 0.433 e. The number of likely N-dealkylation sites (tertiary alicyclic amines) is 1. The first kappa shape index (κ1) is 17.0. The average Bonchev–Trinajstić information content (AvgIpc) is 2.54. The molecule has 1 aromatic rings. The molecular weight excluding hydrogens is 321 g/mol. The van der Waals surface area contributed by atoms with E-state index >= 15 is 0 Å². The number of aromatic nitrogens is 1. The number of nitrogens with zero attached hydrogens (tertiary/aromatic N) is 2. The second kappa shape index (κ2) is 6.20. The number of alkyl halides is 3. The number of hydrogen-bond acceptors (Lipinski definition) is 3. The Morgan fingerprint density at radius 3 is 2.54 bits per heavy atom. The molecule has 4 nitrogen and oxygen atoms in total. The van der Waals surface area contributed by atoms with Crippen LogP contribution in [0.4, 0.5) is 13.2 Å². The zero-order chi connectivity index (χ0) is 17.4. The van der Waals surface area contributed by atoms with E-state index in [0.717, 1.165) is 18.7 Å². The molecule has 3 rings (SSSR count). The fraction of sp³-hybridized carbons (Fsp3) is 0.529. The lowest BCUT2D eigenvalue weighted by Crippen LogP contribution is -2.48. The van der Waals surface area contributed by atoms with Gasteiger partial charge in [-0.15, -0.1) is 0 Å². The Labute approximate surface area is 138 Å². The molecule has 0 radical (unpaired) electrons. The number of carbonyl (C=O) groups is 1. The summed E-state index contributed by atoms with van der Waals surface area (Å²) in [5.41, 5.74) is 0.188. The van der Waals surface area contributed by atoms with E-state index in [0.29, 0.717) is 32.5 Å². The van der Waals surface area contributed by atoms with Crippen molar-refractivity contribution in [3.8, 4) is 0 Å². The van der Waals surface area contributed by atoms with Crippen LogP contribution < -0.4 is 0 Å². The van der Waals surface area contributed by atoms with E-state index in [1.807, 2.05) is 0 Å². The van der Waals surface area contributed by atoms with Crippen molar-refractivity contribution in [3.63, 3.8) is 0 Å². The van der Waals surface area contributed by atoms with E-state index in [1.54, 1.807) is 4.90 Å². The Morgan fingerprint density at radius 1 is 1.29 bits per heavy atom. The van der Waals surface area contributed by atoms with Crippen LogP contribution in [0.1, 0.15) is 42.2 Å². The van der Waals surface area contributed by atoms with Crippen LogP contribution in [-0.4, -0.2) is 41.1 Å². The topological polar surface area (TPSA) is 42.4 Å². The quantitative estimate of drug-likeness (QED) is 0.736. The number of ether oxygens (including phenoxy) is 1. The number of pyridine rings is 1. The van der Waals surface area contributed by atoms with Crippen molar-refractivity contribution in [3.05, 3.63) is 41.2 Å². The van der Waals surface area contributed by atoms with Crippen LogP contribution in [0.25, 0.3) is 0 Å². The minimum atomic E-state index is -4.50. The SMILES string of the molecule is CC1=CC2(CCN(C(=O)c3ccc(C(F)(F)F)nc3)CC2)OCC1. The Morgan fingerprint density at radius 2 is 2.00 bits per heavy atom. The van der Waals surface area contributed by atoms with Gasteiger partial charge in [0.15, 0.2) is 0 Å². The Kier molecular flexibility index (Phi) is 4.38. The first-order chi connectivity index (χ1) is 11.3. The summed E-state index contributed by atoms with van der Waals surface area (Å²) in [6.45, 7) is 3.81. The molecule has 0 N–H and O–H groups in total. The predicted octanol–water partition coefficient (Wildman–Crippen LogP) is 3.44. The Balaban J connectivity index is 1.66. The lowest BCUT2D eigenvalue weighted by Gasteiger charge is -2.42. The molecule has 1 amide bonds. The van der Waals surface area contributed by atoms with Gasteiger partial charge in [0.25, 0.3) is 5.91 Å². The van der Waals surface area contributed by atoms with Gasteiger partial charge in [-0.25, -0.2) is 0 Å². The van der Waals surface area contributed by atoms with E-state index < -0.39 is 11.9 Å². The van der Waals surface area contributed by atoms with Gasteiger partial charge in [0.05, 0.1) is 17.8 Å². The maximum atomic E-state index is 12.5. The molecule has 1 spiro atoms. The summed E-state index contributed by atoms with van der Waals surface area (Å²) < 4.78 is 43.5. The van der Waals surface area contributed by atoms with E-state index in [9.17, 15) is 18.0 Å². The first-order valence-corrected chi connectivity index (χ1v) is 7.94. The molecule has 0 bridgehead atoms. The van der Waals surface area contributed by atoms with Crippen molar-refractivity contribution < 1.29 is 22.7 Å². The van der Waals surface area contributed by atoms with Gasteiger partial charge in [-0.1, -0.05) is 11.6 Å². The second-order valence-electron chi connectivity index (χ2n) is 6.38. The van der Waals surface area contributed by atoms with Crippen LogP contribution in [0, 0.1) is 0 Å². The minimum absolute atomic E-state index is 0.176. The molecule has 2 aliphatic heterocycles. The highest BCUT2D eigenvalue weighted by Crippen LogP contribution is 2.33. The summed E-state index contributed by atoms with van der Waals surface area (Å²) in [6.07, 6.45) is 0.978. The van der Waals surface area contributed by atoms with Crippen molar-refractivity contribution >= 4 is 5.91 Å². The van der Waals surface area contributed by atoms with Crippen LogP contribution in [-0.2, 0) is 10.9 Å². The number of piperidine rings is 1. The van der Waals surface area contributed by atoms with Crippen LogP contribution in [0.15, 0.2) is 30.0 Å². The molecule has 1 saturated heterocycles. The number of carbonyl (C=O) groups excluding carboxylic acids is 1. The third kappa shape index (κ3) is 3.45. The van der Waals surface area contributed by atoms with Crippen LogP contribution >= 0.6 is 0 Å². The smallest absolute Gasteiger partial charge is 0.370 e. The molecule has 1 aromatic heterocycles. The molecule has 0 unspecified atom stereocenters. The standard InChI is InChI=1S/C17H19F3N2O2/c1-12-4-9-24-16(10-12)5-7-22(8-6-16)15(23)13-2-3-14(21-11-13)17(18,19)20/h2-3,10-11H,4-9H2,1H3. The van der Waals surface area contributed by atoms with Gasteiger partial charge in [-0.05, 0) is 38.3 Å². The van der Waals surface area contributed by atoms with Gasteiger partial charge in [-0.2, -0.15) is 13.2 Å². The maximum absolute atomic E-state index is 12.5. The van der Waals surface area contributed by atoms with Crippen molar-refractivity contribution in [1.82, 2.24) is 9.88 Å². The van der Waals surface area contributed by atoms with Gasteiger partial charge < -0.3 is 9.64 Å². The molecule has 3 heterocycles. The van der Waals surface area contributed by atoms with Crippen molar-refractivity contribution in [2.75, 3.05) is 19.7 Å². The number of halogens is 3. The summed E-state index contributed by atoms with van der Waals surface area (Å²) in [5.74, 6) is -0.289. The van der Waals surface area contributed by atoms with Crippen molar-refractivity contribution in [2.45, 2.75) is 38.0 Å². The molecule has 24 heavy (non-hydrogen) atoms. The van der Waals surface area contributed by atoms with Gasteiger partial charge in [-0.3, -0.25) is 9.78 Å². The van der Waals surface area contributed by atoms with Gasteiger partial charge in [0.1, 0.15) is 5.69 Å². The highest BCUT2D eigenvalue weighted by molar-refractivity contribution is 5.94. The molecule has 2 aliphatic rings. The number of hydrogen-bond donors (Lipinski definition) is 0. The molecular formula is C17H19F3N2O2. The molecule has 1 fully saturated rings. The fourth-order valence-corrected chi connectivity index (χ4v) is 3.23. The molecule has 7 heteroatoms. The lowest BCUT2D eigenvalue weighted by atomic mass is 9.87. The average molecular weight is 340 g/mol. The minimum Gasteiger partial charge on any atom is -0.370 e. The summed E-state index contributed by atoms with van der Waals surface area (Å²) in [7, 11) is 0. The van der Waals surface area contributed by atoms with Crippen molar-refractivity contribution in [1.29, 1.82) is 0 Å². The van der Waals surface area contributed by atoms with Gasteiger partial charge >= 0.3 is 6.18 Å². The third-order valence-corrected chi connectivity index (χ3v) is 4.59. The summed E-state index contributed by atoms with van der Waals surface area (Å²) in [4.78, 5) is 17.4. The molecule has 130 valence electrons. The Hall–Kier alpha value is -1.89. The fourth-order valence-electron chi connectivity index (χ4n) is 3.23. The van der Waals surface area contributed by atoms with Crippen LogP contribution in [0.2, 0.25) is 0 Å². The van der Waals surface area contributed by atoms with E-state index in [1.165, 1.54) is 11.6 Å². The monoisotopic (exact) mass is 340 g/mol. The molecule has 0 aromatic carbocycles. The number of amides is 1. The second-order valence-corrected chi connectivity index (χ2v) is 6.38. The van der Waals surface area contributed by atoms with Crippen molar-refractivity contribution in [2.24, 2.45) is 0 Å². The third-order valence-electron chi connectivity index (χ3n) is 4.59. The van der Waals surface area contributed by atoms with Crippen LogP contribution in [0.5, 0.6) is 0 Å². The zero-order valence-electron chi connectivity index (χ0n) is 13.4. The van der Waals surface area contributed by atoms with E-state index in [-0.39, 0.29) is 17.1 Å². The predicted molar refractivity (Wildman–Crippen MR) is 81.4 cm³/mol. The summed E-state index contributed by atoms with van der Waals surface area (Å²) >= 11 is 0. The highest BCUT2D eigenvalue weighted by atomic mass is 19.4. The van der Waals surface area contributed by atoms with E-state index in [4.69, 9.17) is 4.74 Å². The number of rotatable bonds is 1. The first-order valence-electron chi connectivity index (χ1n) is 7.94. The zero-order valence-corrected chi connectivity index (χ0v) is 13.4. The van der Waals surface area contributed by atoms with Gasteiger partial charge in [0, 0.05) is 19.3 Å². The normalized spacial score (nSPS) is 20.8. The molecule has 0 saturated carbocycles. The lowest BCUT2D eigenvalue weighted by molar-refractivity contribution is -0.141. The molecule has 0 atom stereocenters. The molecule has 0 aliphatic carbocycles. The highest BCUT2D eigenvalue weighted by Gasteiger charge is 2.37. The Bertz CT molecular complexity index is 645. The summed E-state index contributed by atoms with van der Waals surface area (Å²) in [6, 6.07) is 2.03. The largest absolute Gasteiger partial charge is 0.433 e. The van der Waals surface area contributed by atoms with Gasteiger partial charge in [0.2, 0.25) is 0 Å².